The number of anilines is 2. The normalized spacial score (nSPS) is 17.0. The number of hydrogen-bond donors (Lipinski definition) is 2. The molecule has 0 saturated carbocycles. The van der Waals surface area contributed by atoms with Crippen LogP contribution in [0.5, 0.6) is 0 Å². The van der Waals surface area contributed by atoms with Gasteiger partial charge in [0.25, 0.3) is 0 Å². The van der Waals surface area contributed by atoms with Crippen molar-refractivity contribution in [3.63, 3.8) is 0 Å². The van der Waals surface area contributed by atoms with E-state index < -0.39 is 6.04 Å². The summed E-state index contributed by atoms with van der Waals surface area (Å²) in [6, 6.07) is 14.5. The van der Waals surface area contributed by atoms with Crippen LogP contribution in [0.15, 0.2) is 48.5 Å². The van der Waals surface area contributed by atoms with Crippen molar-refractivity contribution >= 4 is 23.3 Å². The van der Waals surface area contributed by atoms with E-state index >= 15 is 0 Å². The molecule has 0 radical (unpaired) electrons. The van der Waals surface area contributed by atoms with Crippen molar-refractivity contribution in [3.8, 4) is 0 Å². The zero-order valence-electron chi connectivity index (χ0n) is 13.9. The van der Waals surface area contributed by atoms with Gasteiger partial charge < -0.3 is 15.5 Å². The Morgan fingerprint density at radius 3 is 2.42 bits per heavy atom. The van der Waals surface area contributed by atoms with Gasteiger partial charge in [-0.25, -0.2) is 4.79 Å². The first kappa shape index (κ1) is 16.1. The van der Waals surface area contributed by atoms with Crippen LogP contribution in [0.3, 0.4) is 0 Å². The molecular weight excluding hydrogens is 302 g/mol. The summed E-state index contributed by atoms with van der Waals surface area (Å²) in [6.07, 6.45) is 0.605. The van der Waals surface area contributed by atoms with Gasteiger partial charge in [-0.15, -0.1) is 0 Å². The van der Waals surface area contributed by atoms with Gasteiger partial charge in [0.2, 0.25) is 5.91 Å². The molecule has 1 heterocycles. The minimum Gasteiger partial charge on any atom is -0.326 e. The van der Waals surface area contributed by atoms with Crippen molar-refractivity contribution in [2.24, 2.45) is 0 Å². The number of para-hydroxylation sites is 1. The molecule has 0 bridgehead atoms. The van der Waals surface area contributed by atoms with Gasteiger partial charge in [-0.05, 0) is 55.7 Å². The standard InChI is InChI=1S/C19H21N3O2/c1-13-10-14(2)12-15(11-13)20-19(24)21-17-8-9-22(18(17)23)16-6-4-3-5-7-16/h3-7,10-12,17H,8-9H2,1-2H3,(H2,20,21,24). The van der Waals surface area contributed by atoms with E-state index in [2.05, 4.69) is 10.6 Å². The third-order valence-electron chi connectivity index (χ3n) is 4.06. The number of urea groups is 1. The van der Waals surface area contributed by atoms with Crippen LogP contribution in [0, 0.1) is 13.8 Å². The second-order valence-electron chi connectivity index (χ2n) is 6.14. The van der Waals surface area contributed by atoms with Gasteiger partial charge in [0.1, 0.15) is 6.04 Å². The van der Waals surface area contributed by atoms with E-state index in [1.54, 1.807) is 4.90 Å². The molecule has 2 aromatic rings. The van der Waals surface area contributed by atoms with Crippen LogP contribution in [-0.4, -0.2) is 24.5 Å². The van der Waals surface area contributed by atoms with Crippen LogP contribution >= 0.6 is 0 Å². The Morgan fingerprint density at radius 1 is 1.08 bits per heavy atom. The van der Waals surface area contributed by atoms with Gasteiger partial charge in [0.05, 0.1) is 0 Å². The molecule has 1 aliphatic rings. The first-order chi connectivity index (χ1) is 11.5. The largest absolute Gasteiger partial charge is 0.326 e. The summed E-state index contributed by atoms with van der Waals surface area (Å²) < 4.78 is 0. The summed E-state index contributed by atoms with van der Waals surface area (Å²) in [6.45, 7) is 4.57. The number of carbonyl (C=O) groups is 2. The molecule has 24 heavy (non-hydrogen) atoms. The number of carbonyl (C=O) groups excluding carboxylic acids is 2. The van der Waals surface area contributed by atoms with Crippen molar-refractivity contribution in [1.82, 2.24) is 5.32 Å². The quantitative estimate of drug-likeness (QED) is 0.911. The zero-order chi connectivity index (χ0) is 17.1. The van der Waals surface area contributed by atoms with Gasteiger partial charge in [0, 0.05) is 17.9 Å². The Kier molecular flexibility index (Phi) is 4.51. The molecule has 3 amide bonds. The molecule has 0 aliphatic carbocycles. The SMILES string of the molecule is Cc1cc(C)cc(NC(=O)NC2CCN(c3ccccc3)C2=O)c1. The van der Waals surface area contributed by atoms with E-state index in [-0.39, 0.29) is 11.9 Å². The van der Waals surface area contributed by atoms with E-state index in [0.717, 1.165) is 22.5 Å². The van der Waals surface area contributed by atoms with Gasteiger partial charge >= 0.3 is 6.03 Å². The van der Waals surface area contributed by atoms with Crippen LogP contribution in [0.25, 0.3) is 0 Å². The maximum atomic E-state index is 12.5. The number of hydrogen-bond acceptors (Lipinski definition) is 2. The third-order valence-corrected chi connectivity index (χ3v) is 4.06. The highest BCUT2D eigenvalue weighted by atomic mass is 16.2. The lowest BCUT2D eigenvalue weighted by molar-refractivity contribution is -0.118. The minimum absolute atomic E-state index is 0.0724. The smallest absolute Gasteiger partial charge is 0.319 e. The summed E-state index contributed by atoms with van der Waals surface area (Å²) in [5.74, 6) is -0.0724. The average molecular weight is 323 g/mol. The van der Waals surface area contributed by atoms with Crippen LogP contribution in [-0.2, 0) is 4.79 Å². The summed E-state index contributed by atoms with van der Waals surface area (Å²) >= 11 is 0. The molecule has 2 N–H and O–H groups in total. The Morgan fingerprint density at radius 2 is 1.75 bits per heavy atom. The molecule has 1 fully saturated rings. The summed E-state index contributed by atoms with van der Waals surface area (Å²) in [5.41, 5.74) is 3.76. The van der Waals surface area contributed by atoms with Gasteiger partial charge in [-0.3, -0.25) is 4.79 Å². The summed E-state index contributed by atoms with van der Waals surface area (Å²) in [7, 11) is 0. The van der Waals surface area contributed by atoms with Crippen molar-refractivity contribution in [1.29, 1.82) is 0 Å². The van der Waals surface area contributed by atoms with Gasteiger partial charge in [-0.2, -0.15) is 0 Å². The third kappa shape index (κ3) is 3.56. The maximum absolute atomic E-state index is 12.5. The number of rotatable bonds is 3. The molecule has 2 aromatic carbocycles. The van der Waals surface area contributed by atoms with Gasteiger partial charge in [0.15, 0.2) is 0 Å². The second-order valence-corrected chi connectivity index (χ2v) is 6.14. The predicted octanol–water partition coefficient (Wildman–Crippen LogP) is 3.23. The molecule has 5 heteroatoms. The number of nitrogens with zero attached hydrogens (tertiary/aromatic N) is 1. The molecule has 124 valence electrons. The van der Waals surface area contributed by atoms with Crippen LogP contribution in [0.4, 0.5) is 16.2 Å². The van der Waals surface area contributed by atoms with E-state index in [1.165, 1.54) is 0 Å². The summed E-state index contributed by atoms with van der Waals surface area (Å²) in [5, 5.41) is 5.58. The molecular formula is C19H21N3O2. The molecule has 1 aliphatic heterocycles. The average Bonchev–Trinajstić information content (AvgIpc) is 2.88. The lowest BCUT2D eigenvalue weighted by Crippen LogP contribution is -2.43. The van der Waals surface area contributed by atoms with Gasteiger partial charge in [-0.1, -0.05) is 24.3 Å². The first-order valence-corrected chi connectivity index (χ1v) is 8.05. The van der Waals surface area contributed by atoms with Crippen LogP contribution < -0.4 is 15.5 Å². The summed E-state index contributed by atoms with van der Waals surface area (Å²) in [4.78, 5) is 26.4. The highest BCUT2D eigenvalue weighted by molar-refractivity contribution is 6.02. The van der Waals surface area contributed by atoms with Crippen molar-refractivity contribution < 1.29 is 9.59 Å². The fraction of sp³-hybridized carbons (Fsp3) is 0.263. The van der Waals surface area contributed by atoms with E-state index in [9.17, 15) is 9.59 Å². The van der Waals surface area contributed by atoms with Crippen LogP contribution in [0.2, 0.25) is 0 Å². The fourth-order valence-corrected chi connectivity index (χ4v) is 3.05. The number of benzene rings is 2. The number of amides is 3. The van der Waals surface area contributed by atoms with Crippen molar-refractivity contribution in [2.45, 2.75) is 26.3 Å². The predicted molar refractivity (Wildman–Crippen MR) is 95.3 cm³/mol. The molecule has 3 rings (SSSR count). The Bertz CT molecular complexity index is 738. The molecule has 5 nitrogen and oxygen atoms in total. The van der Waals surface area contributed by atoms with Crippen molar-refractivity contribution in [2.75, 3.05) is 16.8 Å². The van der Waals surface area contributed by atoms with Crippen LogP contribution in [0.1, 0.15) is 17.5 Å². The molecule has 1 atom stereocenters. The number of nitrogens with one attached hydrogen (secondary N) is 2. The minimum atomic E-state index is -0.490. The highest BCUT2D eigenvalue weighted by Gasteiger charge is 2.33. The van der Waals surface area contributed by atoms with Crippen molar-refractivity contribution in [3.05, 3.63) is 59.7 Å². The highest BCUT2D eigenvalue weighted by Crippen LogP contribution is 2.21. The number of aryl methyl sites for hydroxylation is 2. The maximum Gasteiger partial charge on any atom is 0.319 e. The van der Waals surface area contributed by atoms with E-state index in [4.69, 9.17) is 0 Å². The monoisotopic (exact) mass is 323 g/mol. The van der Waals surface area contributed by atoms with E-state index in [0.29, 0.717) is 13.0 Å². The topological polar surface area (TPSA) is 61.4 Å². The Hall–Kier alpha value is -2.82. The fourth-order valence-electron chi connectivity index (χ4n) is 3.05. The second kappa shape index (κ2) is 6.74. The Balaban J connectivity index is 1.62. The lowest BCUT2D eigenvalue weighted by atomic mass is 10.1. The molecule has 1 saturated heterocycles. The molecule has 0 aromatic heterocycles. The molecule has 1 unspecified atom stereocenters. The van der Waals surface area contributed by atoms with E-state index in [1.807, 2.05) is 62.4 Å². The first-order valence-electron chi connectivity index (χ1n) is 8.05. The zero-order valence-corrected chi connectivity index (χ0v) is 13.9. The lowest BCUT2D eigenvalue weighted by Gasteiger charge is -2.17. The Labute approximate surface area is 141 Å². The molecule has 0 spiro atoms.